The van der Waals surface area contributed by atoms with Gasteiger partial charge in [-0.3, -0.25) is 5.01 Å². The highest BCUT2D eigenvalue weighted by Crippen LogP contribution is 2.07. The Labute approximate surface area is 71.0 Å². The van der Waals surface area contributed by atoms with Gasteiger partial charge in [0.2, 0.25) is 5.88 Å². The van der Waals surface area contributed by atoms with Crippen molar-refractivity contribution < 1.29 is 9.26 Å². The normalized spacial score (nSPS) is 10.2. The van der Waals surface area contributed by atoms with Crippen LogP contribution in [0.25, 0.3) is 0 Å². The van der Waals surface area contributed by atoms with E-state index in [1.165, 1.54) is 5.01 Å². The van der Waals surface area contributed by atoms with Crippen LogP contribution in [-0.4, -0.2) is 25.4 Å². The number of hydrogen-bond acceptors (Lipinski definition) is 5. The van der Waals surface area contributed by atoms with E-state index in [2.05, 4.69) is 5.16 Å². The molecule has 1 heterocycles. The molecule has 0 amide bonds. The molecule has 0 spiro atoms. The lowest BCUT2D eigenvalue weighted by Crippen LogP contribution is -2.31. The van der Waals surface area contributed by atoms with Crippen molar-refractivity contribution in [2.45, 2.75) is 6.42 Å². The van der Waals surface area contributed by atoms with E-state index in [1.807, 2.05) is 0 Å². The third-order valence-electron chi connectivity index (χ3n) is 1.45. The van der Waals surface area contributed by atoms with Crippen LogP contribution in [0.2, 0.25) is 0 Å². The van der Waals surface area contributed by atoms with E-state index in [4.69, 9.17) is 15.1 Å². The Balaban J connectivity index is 2.25. The second-order valence-corrected chi connectivity index (χ2v) is 2.39. The first-order valence-electron chi connectivity index (χ1n) is 3.76. The predicted molar refractivity (Wildman–Crippen MR) is 44.5 cm³/mol. The van der Waals surface area contributed by atoms with Crippen molar-refractivity contribution in [2.75, 3.05) is 25.3 Å². The number of anilines is 1. The van der Waals surface area contributed by atoms with Crippen LogP contribution < -0.4 is 10.9 Å². The minimum atomic E-state index is 0.575. The van der Waals surface area contributed by atoms with Gasteiger partial charge in [-0.1, -0.05) is 5.16 Å². The van der Waals surface area contributed by atoms with E-state index in [0.29, 0.717) is 19.0 Å². The molecule has 0 atom stereocenters. The van der Waals surface area contributed by atoms with Crippen LogP contribution in [0.4, 0.5) is 5.88 Å². The third kappa shape index (κ3) is 2.52. The fourth-order valence-corrected chi connectivity index (χ4v) is 0.847. The van der Waals surface area contributed by atoms with Gasteiger partial charge >= 0.3 is 0 Å². The van der Waals surface area contributed by atoms with Gasteiger partial charge in [0.25, 0.3) is 0 Å². The Morgan fingerprint density at radius 2 is 2.58 bits per heavy atom. The molecule has 0 saturated heterocycles. The van der Waals surface area contributed by atoms with Crippen LogP contribution in [-0.2, 0) is 4.74 Å². The molecule has 0 unspecified atom stereocenters. The summed E-state index contributed by atoms with van der Waals surface area (Å²) in [6.45, 7) is 1.39. The van der Waals surface area contributed by atoms with Crippen molar-refractivity contribution in [2.24, 2.45) is 5.84 Å². The van der Waals surface area contributed by atoms with E-state index in [0.717, 1.165) is 6.42 Å². The van der Waals surface area contributed by atoms with Crippen molar-refractivity contribution >= 4 is 5.88 Å². The van der Waals surface area contributed by atoms with Crippen LogP contribution in [0.3, 0.4) is 0 Å². The molecule has 0 aliphatic heterocycles. The molecule has 0 bridgehead atoms. The summed E-state index contributed by atoms with van der Waals surface area (Å²) < 4.78 is 9.72. The monoisotopic (exact) mass is 171 g/mol. The van der Waals surface area contributed by atoms with E-state index in [9.17, 15) is 0 Å². The first kappa shape index (κ1) is 9.02. The second kappa shape index (κ2) is 4.74. The van der Waals surface area contributed by atoms with E-state index < -0.39 is 0 Å². The molecule has 5 heteroatoms. The first-order chi connectivity index (χ1) is 5.84. The summed E-state index contributed by atoms with van der Waals surface area (Å²) >= 11 is 0. The van der Waals surface area contributed by atoms with Gasteiger partial charge in [0.05, 0.1) is 6.20 Å². The van der Waals surface area contributed by atoms with Crippen molar-refractivity contribution in [3.8, 4) is 0 Å². The molecule has 0 radical (unpaired) electrons. The molecule has 1 aromatic rings. The summed E-state index contributed by atoms with van der Waals surface area (Å²) in [4.78, 5) is 0. The molecule has 1 rings (SSSR count). The highest BCUT2D eigenvalue weighted by molar-refractivity contribution is 5.29. The average molecular weight is 171 g/mol. The lowest BCUT2D eigenvalue weighted by atomic mass is 10.4. The fourth-order valence-electron chi connectivity index (χ4n) is 0.847. The number of hydrogen-bond donors (Lipinski definition) is 1. The van der Waals surface area contributed by atoms with Crippen molar-refractivity contribution in [3.05, 3.63) is 12.3 Å². The maximum atomic E-state index is 5.62. The van der Waals surface area contributed by atoms with Crippen LogP contribution in [0, 0.1) is 0 Å². The molecule has 0 aromatic carbocycles. The Hall–Kier alpha value is -1.07. The van der Waals surface area contributed by atoms with Crippen molar-refractivity contribution in [1.82, 2.24) is 5.16 Å². The Morgan fingerprint density at radius 3 is 3.17 bits per heavy atom. The van der Waals surface area contributed by atoms with E-state index in [1.54, 1.807) is 19.4 Å². The number of aromatic nitrogens is 1. The van der Waals surface area contributed by atoms with Crippen LogP contribution in [0.15, 0.2) is 16.8 Å². The largest absolute Gasteiger partial charge is 0.385 e. The van der Waals surface area contributed by atoms with Crippen LogP contribution >= 0.6 is 0 Å². The van der Waals surface area contributed by atoms with Gasteiger partial charge in [0.15, 0.2) is 0 Å². The van der Waals surface area contributed by atoms with E-state index in [-0.39, 0.29) is 0 Å². The number of hydrazine groups is 1. The lowest BCUT2D eigenvalue weighted by molar-refractivity contribution is 0.195. The van der Waals surface area contributed by atoms with E-state index >= 15 is 0 Å². The first-order valence-corrected chi connectivity index (χ1v) is 3.76. The highest BCUT2D eigenvalue weighted by atomic mass is 16.5. The number of nitrogens with two attached hydrogens (primary N) is 1. The highest BCUT2D eigenvalue weighted by Gasteiger charge is 2.03. The minimum absolute atomic E-state index is 0.575. The minimum Gasteiger partial charge on any atom is -0.385 e. The quantitative estimate of drug-likeness (QED) is 0.394. The Morgan fingerprint density at radius 1 is 1.75 bits per heavy atom. The summed E-state index contributed by atoms with van der Waals surface area (Å²) in [7, 11) is 1.66. The van der Waals surface area contributed by atoms with Gasteiger partial charge in [-0.05, 0) is 6.42 Å². The van der Waals surface area contributed by atoms with Gasteiger partial charge in [0, 0.05) is 26.3 Å². The summed E-state index contributed by atoms with van der Waals surface area (Å²) in [6.07, 6.45) is 2.43. The summed E-state index contributed by atoms with van der Waals surface area (Å²) in [5.74, 6) is 6.20. The molecule has 0 saturated carbocycles. The van der Waals surface area contributed by atoms with Crippen LogP contribution in [0.5, 0.6) is 0 Å². The maximum absolute atomic E-state index is 5.62. The van der Waals surface area contributed by atoms with Crippen molar-refractivity contribution in [3.63, 3.8) is 0 Å². The summed E-state index contributed by atoms with van der Waals surface area (Å²) in [5, 5.41) is 5.05. The van der Waals surface area contributed by atoms with Gasteiger partial charge in [-0.15, -0.1) is 0 Å². The smallest absolute Gasteiger partial charge is 0.241 e. The molecule has 2 N–H and O–H groups in total. The topological polar surface area (TPSA) is 64.5 Å². The molecule has 12 heavy (non-hydrogen) atoms. The van der Waals surface area contributed by atoms with Gasteiger partial charge in [-0.2, -0.15) is 0 Å². The molecular weight excluding hydrogens is 158 g/mol. The zero-order chi connectivity index (χ0) is 8.81. The second-order valence-electron chi connectivity index (χ2n) is 2.39. The predicted octanol–water partition coefficient (Wildman–Crippen LogP) is 0.391. The van der Waals surface area contributed by atoms with Gasteiger partial charge < -0.3 is 9.26 Å². The average Bonchev–Trinajstić information content (AvgIpc) is 2.56. The molecule has 0 aliphatic carbocycles. The number of rotatable bonds is 5. The zero-order valence-electron chi connectivity index (χ0n) is 7.06. The van der Waals surface area contributed by atoms with Gasteiger partial charge in [-0.25, -0.2) is 5.84 Å². The fraction of sp³-hybridized carbons (Fsp3) is 0.571. The number of nitrogens with zero attached hydrogens (tertiary/aromatic N) is 2. The zero-order valence-corrected chi connectivity index (χ0v) is 7.06. The molecule has 0 aliphatic rings. The molecule has 1 aromatic heterocycles. The number of methoxy groups -OCH3 is 1. The molecule has 5 nitrogen and oxygen atoms in total. The third-order valence-corrected chi connectivity index (χ3v) is 1.45. The SMILES string of the molecule is COCCCN(N)c1ccno1. The Kier molecular flexibility index (Phi) is 3.56. The lowest BCUT2D eigenvalue weighted by Gasteiger charge is -2.13. The van der Waals surface area contributed by atoms with Crippen LogP contribution in [0.1, 0.15) is 6.42 Å². The Bertz CT molecular complexity index is 200. The summed E-state index contributed by atoms with van der Waals surface area (Å²) in [6, 6.07) is 1.72. The van der Waals surface area contributed by atoms with Crippen molar-refractivity contribution in [1.29, 1.82) is 0 Å². The molecular formula is C7H13N3O2. The molecule has 68 valence electrons. The number of ether oxygens (including phenoxy) is 1. The standard InChI is InChI=1S/C7H13N3O2/c1-11-6-2-5-10(8)7-3-4-9-12-7/h3-4H,2,5-6,8H2,1H3. The van der Waals surface area contributed by atoms with Gasteiger partial charge in [0.1, 0.15) is 0 Å². The molecule has 0 fully saturated rings. The summed E-state index contributed by atoms with van der Waals surface area (Å²) in [5.41, 5.74) is 0. The maximum Gasteiger partial charge on any atom is 0.241 e.